The molecule has 286 valence electrons. The van der Waals surface area contributed by atoms with E-state index < -0.39 is 42.6 Å². The molecule has 0 heterocycles. The molecule has 6 nitrogen and oxygen atoms in total. The highest BCUT2D eigenvalue weighted by atomic mass is 28.5. The van der Waals surface area contributed by atoms with Crippen LogP contribution in [0.5, 0.6) is 0 Å². The number of Topliss-reactive ketones (excluding diaryl/α,β-unsaturated/α-hetero) is 1. The smallest absolute Gasteiger partial charge is 0.395 e. The van der Waals surface area contributed by atoms with Crippen LogP contribution in [0, 0.1) is 0 Å². The topological polar surface area (TPSA) is 63.2 Å². The SMILES string of the molecule is C=C(O[Si](O[Si](O[Si](O[Si](O[Si](C(C)C)(C(C)C)C(C)C)(C(C)C)C(C)C)(C(C)C)C(C)C)(C(C)C)C(C)C)(C(C)C)C(C)C)C(C)=O. The highest BCUT2D eigenvalue weighted by Gasteiger charge is 2.66. The first-order chi connectivity index (χ1) is 21.5. The summed E-state index contributed by atoms with van der Waals surface area (Å²) in [6, 6.07) is 0. The van der Waals surface area contributed by atoms with Crippen molar-refractivity contribution in [3.63, 3.8) is 0 Å². The van der Waals surface area contributed by atoms with Gasteiger partial charge in [-0.05, 0) is 49.9 Å². The van der Waals surface area contributed by atoms with Crippen LogP contribution >= 0.6 is 0 Å². The largest absolute Gasteiger partial charge is 0.518 e. The quantitative estimate of drug-likeness (QED) is 0.0622. The molecule has 11 heteroatoms. The van der Waals surface area contributed by atoms with Crippen molar-refractivity contribution in [2.45, 2.75) is 220 Å². The summed E-state index contributed by atoms with van der Waals surface area (Å²) in [5, 5.41) is 0. The Balaban J connectivity index is 8.10. The molecule has 0 saturated carbocycles. The molecule has 0 unspecified atom stereocenters. The fourth-order valence-corrected chi connectivity index (χ4v) is 44.6. The van der Waals surface area contributed by atoms with E-state index in [0.717, 1.165) is 0 Å². The monoisotopic (exact) mass is 762 g/mol. The number of carbonyl (C=O) groups excluding carboxylic acids is 1. The predicted octanol–water partition coefficient (Wildman–Crippen LogP) is 13.4. The zero-order valence-electron chi connectivity index (χ0n) is 36.0. The Morgan fingerprint density at radius 1 is 0.375 bits per heavy atom. The van der Waals surface area contributed by atoms with Gasteiger partial charge in [-0.1, -0.05) is 159 Å². The van der Waals surface area contributed by atoms with Crippen LogP contribution in [0.25, 0.3) is 0 Å². The maximum absolute atomic E-state index is 12.6. The van der Waals surface area contributed by atoms with E-state index >= 15 is 0 Å². The van der Waals surface area contributed by atoms with Crippen molar-refractivity contribution in [2.75, 3.05) is 0 Å². The van der Waals surface area contributed by atoms with Gasteiger partial charge in [-0.25, -0.2) is 0 Å². The number of hydrogen-bond acceptors (Lipinski definition) is 6. The second-order valence-corrected chi connectivity index (χ2v) is 41.6. The first kappa shape index (κ1) is 48.1. The predicted molar refractivity (Wildman–Crippen MR) is 220 cm³/mol. The normalized spacial score (nSPS) is 14.6. The second kappa shape index (κ2) is 18.3. The molecule has 0 N–H and O–H groups in total. The minimum atomic E-state index is -3.17. The van der Waals surface area contributed by atoms with Crippen LogP contribution < -0.4 is 0 Å². The molecule has 0 spiro atoms. The molecule has 0 aliphatic rings. The lowest BCUT2D eigenvalue weighted by molar-refractivity contribution is -0.115. The molecule has 0 aromatic rings. The molecule has 0 bridgehead atoms. The van der Waals surface area contributed by atoms with E-state index in [1.54, 1.807) is 0 Å². The third-order valence-corrected chi connectivity index (χ3v) is 40.3. The molecule has 0 aromatic carbocycles. The number of ketones is 1. The Labute approximate surface area is 305 Å². The van der Waals surface area contributed by atoms with Crippen LogP contribution in [0.4, 0.5) is 0 Å². The van der Waals surface area contributed by atoms with Crippen LogP contribution in [0.1, 0.15) is 159 Å². The van der Waals surface area contributed by atoms with Gasteiger partial charge in [0.05, 0.1) is 0 Å². The number of rotatable bonds is 22. The van der Waals surface area contributed by atoms with Gasteiger partial charge in [-0.15, -0.1) is 0 Å². The van der Waals surface area contributed by atoms with Gasteiger partial charge < -0.3 is 20.9 Å². The lowest BCUT2D eigenvalue weighted by atomic mass is 10.4. The van der Waals surface area contributed by atoms with Crippen LogP contribution in [0.3, 0.4) is 0 Å². The van der Waals surface area contributed by atoms with Gasteiger partial charge >= 0.3 is 34.2 Å². The summed E-state index contributed by atoms with van der Waals surface area (Å²) >= 11 is 0. The summed E-state index contributed by atoms with van der Waals surface area (Å²) in [6.07, 6.45) is 0. The van der Waals surface area contributed by atoms with Gasteiger partial charge in [-0.3, -0.25) is 4.79 Å². The summed E-state index contributed by atoms with van der Waals surface area (Å²) in [6.45, 7) is 56.0. The summed E-state index contributed by atoms with van der Waals surface area (Å²) in [5.74, 6) is 0.0223. The van der Waals surface area contributed by atoms with Gasteiger partial charge in [0.25, 0.3) is 0 Å². The van der Waals surface area contributed by atoms with Gasteiger partial charge in [-0.2, -0.15) is 0 Å². The Morgan fingerprint density at radius 3 is 0.771 bits per heavy atom. The molecule has 0 atom stereocenters. The van der Waals surface area contributed by atoms with E-state index in [4.69, 9.17) is 20.9 Å². The van der Waals surface area contributed by atoms with Crippen LogP contribution in [0.15, 0.2) is 12.3 Å². The molecule has 0 fully saturated rings. The molecular weight excluding hydrogens is 681 g/mol. The molecular formula is C37H82O6Si5. The Kier molecular flexibility index (Phi) is 18.3. The van der Waals surface area contributed by atoms with Crippen molar-refractivity contribution in [1.29, 1.82) is 0 Å². The Hall–Kier alpha value is 0.134. The van der Waals surface area contributed by atoms with Gasteiger partial charge in [0, 0.05) is 18.0 Å². The van der Waals surface area contributed by atoms with Crippen LogP contribution in [-0.4, -0.2) is 48.3 Å². The summed E-state index contributed by atoms with van der Waals surface area (Å²) in [7, 11) is -14.7. The fourth-order valence-electron chi connectivity index (χ4n) is 8.28. The maximum atomic E-state index is 12.6. The minimum absolute atomic E-state index is 0.0644. The lowest BCUT2D eigenvalue weighted by Crippen LogP contribution is -2.71. The standard InChI is InChI=1S/C37H82O6Si5/c1-25(2)44(26(3)4,27(5)6)40-46(30(11)12,31(13)14)42-48(34(19)20,35(21)22)43-47(32(15)16,33(17)18)41-45(28(7)8,29(9)10)39-37(24)36(23)38/h25-35H,24H2,1-23H3. The van der Waals surface area contributed by atoms with E-state index in [2.05, 4.69) is 159 Å². The number of hydrogen-bond donors (Lipinski definition) is 0. The van der Waals surface area contributed by atoms with Crippen molar-refractivity contribution in [3.05, 3.63) is 12.3 Å². The fraction of sp³-hybridized carbons (Fsp3) is 0.919. The maximum Gasteiger partial charge on any atom is 0.395 e. The van der Waals surface area contributed by atoms with Crippen LogP contribution in [-0.2, 0) is 25.7 Å². The minimum Gasteiger partial charge on any atom is -0.518 e. The molecule has 0 rings (SSSR count). The third-order valence-electron chi connectivity index (χ3n) is 11.1. The van der Waals surface area contributed by atoms with Crippen molar-refractivity contribution in [3.8, 4) is 0 Å². The second-order valence-electron chi connectivity index (χ2n) is 17.9. The van der Waals surface area contributed by atoms with E-state index in [-0.39, 0.29) is 55.9 Å². The zero-order valence-corrected chi connectivity index (χ0v) is 41.0. The van der Waals surface area contributed by atoms with Crippen molar-refractivity contribution < 1.29 is 25.7 Å². The zero-order chi connectivity index (χ0) is 38.5. The lowest BCUT2D eigenvalue weighted by Gasteiger charge is -2.57. The van der Waals surface area contributed by atoms with Gasteiger partial charge in [0.1, 0.15) is 5.76 Å². The highest BCUT2D eigenvalue weighted by Crippen LogP contribution is 2.54. The Morgan fingerprint density at radius 2 is 0.583 bits per heavy atom. The van der Waals surface area contributed by atoms with E-state index in [0.29, 0.717) is 16.6 Å². The molecule has 0 aliphatic heterocycles. The average Bonchev–Trinajstić information content (AvgIpc) is 2.91. The van der Waals surface area contributed by atoms with E-state index in [1.807, 2.05) is 0 Å². The van der Waals surface area contributed by atoms with Gasteiger partial charge in [0.2, 0.25) is 0 Å². The number of carbonyl (C=O) groups is 1. The Bertz CT molecular complexity index is 966. The first-order valence-corrected chi connectivity index (χ1v) is 29.3. The van der Waals surface area contributed by atoms with E-state index in [1.165, 1.54) is 6.92 Å². The molecule has 48 heavy (non-hydrogen) atoms. The molecule has 0 radical (unpaired) electrons. The molecule has 0 saturated heterocycles. The van der Waals surface area contributed by atoms with Gasteiger partial charge in [0.15, 0.2) is 14.1 Å². The molecule has 0 aromatic heterocycles. The van der Waals surface area contributed by atoms with Crippen LogP contribution in [0.2, 0.25) is 61.0 Å². The van der Waals surface area contributed by atoms with E-state index in [9.17, 15) is 4.79 Å². The van der Waals surface area contributed by atoms with Crippen molar-refractivity contribution in [2.24, 2.45) is 0 Å². The molecule has 0 aliphatic carbocycles. The van der Waals surface area contributed by atoms with Crippen molar-refractivity contribution >= 4 is 48.3 Å². The third kappa shape index (κ3) is 9.56. The first-order valence-electron chi connectivity index (χ1n) is 19.2. The van der Waals surface area contributed by atoms with Crippen molar-refractivity contribution in [1.82, 2.24) is 0 Å². The molecule has 0 amide bonds. The highest BCUT2D eigenvalue weighted by molar-refractivity contribution is 6.95. The number of allylic oxidation sites excluding steroid dienone is 1. The summed E-state index contributed by atoms with van der Waals surface area (Å²) in [4.78, 5) is 12.6. The summed E-state index contributed by atoms with van der Waals surface area (Å²) < 4.78 is 38.7. The average molecular weight is 763 g/mol. The summed E-state index contributed by atoms with van der Waals surface area (Å²) in [5.41, 5.74) is 2.42.